The molecule has 9 nitrogen and oxygen atoms in total. The van der Waals surface area contributed by atoms with Gasteiger partial charge in [0.2, 0.25) is 5.91 Å². The SMILES string of the molecule is CN(C)C(=O)CC1CN(S(=O)(=O)c2cc3cc(C#C[Si](C)(C)C)ccc3n2S(=O)(=O)c2ccccc2)CCN1. The standard InChI is InChI=1S/C27H34N4O5S2Si/c1-29(2)26(32)19-23-20-30(15-14-28-23)38(35,36)27-18-22-17-21(13-16-39(3,4)5)11-12-25(22)31(27)37(33,34)24-9-7-6-8-10-24/h6-12,17-18,23,28H,14-15,19-20H2,1-5H3. The van der Waals surface area contributed by atoms with Crippen LogP contribution in [0.4, 0.5) is 0 Å². The Morgan fingerprint density at radius 1 is 1.03 bits per heavy atom. The van der Waals surface area contributed by atoms with Gasteiger partial charge in [-0.1, -0.05) is 43.8 Å². The summed E-state index contributed by atoms with van der Waals surface area (Å²) in [6.45, 7) is 6.90. The molecule has 1 atom stereocenters. The van der Waals surface area contributed by atoms with Crippen LogP contribution in [-0.4, -0.2) is 83.8 Å². The number of sulfonamides is 1. The normalized spacial score (nSPS) is 17.0. The number of hydrogen-bond donors (Lipinski definition) is 1. The van der Waals surface area contributed by atoms with Crippen LogP contribution in [0.1, 0.15) is 12.0 Å². The largest absolute Gasteiger partial charge is 0.349 e. The van der Waals surface area contributed by atoms with Gasteiger partial charge in [-0.25, -0.2) is 20.8 Å². The van der Waals surface area contributed by atoms with Crippen LogP contribution in [0.5, 0.6) is 0 Å². The highest BCUT2D eigenvalue weighted by Gasteiger charge is 2.36. The van der Waals surface area contributed by atoms with Crippen molar-refractivity contribution in [2.45, 2.75) is 42.0 Å². The molecule has 3 aromatic rings. The van der Waals surface area contributed by atoms with E-state index >= 15 is 0 Å². The van der Waals surface area contributed by atoms with E-state index in [0.717, 1.165) is 3.97 Å². The zero-order valence-electron chi connectivity index (χ0n) is 22.8. The first kappa shape index (κ1) is 29.0. The first-order valence-corrected chi connectivity index (χ1v) is 19.0. The number of amides is 1. The van der Waals surface area contributed by atoms with Crippen LogP contribution in [0.25, 0.3) is 10.9 Å². The first-order valence-electron chi connectivity index (χ1n) is 12.6. The molecular formula is C27H34N4O5S2Si. The number of rotatable bonds is 6. The molecule has 1 N–H and O–H groups in total. The van der Waals surface area contributed by atoms with Gasteiger partial charge < -0.3 is 10.2 Å². The fraction of sp³-hybridized carbons (Fsp3) is 0.370. The number of carbonyl (C=O) groups excluding carboxylic acids is 1. The van der Waals surface area contributed by atoms with Gasteiger partial charge >= 0.3 is 0 Å². The highest BCUT2D eigenvalue weighted by molar-refractivity contribution is 7.92. The van der Waals surface area contributed by atoms with Crippen LogP contribution >= 0.6 is 0 Å². The third-order valence-corrected chi connectivity index (χ3v) is 10.9. The minimum Gasteiger partial charge on any atom is -0.349 e. The third kappa shape index (κ3) is 6.28. The molecule has 1 fully saturated rings. The van der Waals surface area contributed by atoms with E-state index in [-0.39, 0.29) is 40.9 Å². The van der Waals surface area contributed by atoms with Crippen LogP contribution < -0.4 is 5.32 Å². The summed E-state index contributed by atoms with van der Waals surface area (Å²) in [7, 11) is -6.89. The lowest BCUT2D eigenvalue weighted by atomic mass is 10.1. The molecule has 0 aliphatic carbocycles. The maximum Gasteiger partial charge on any atom is 0.269 e. The quantitative estimate of drug-likeness (QED) is 0.351. The van der Waals surface area contributed by atoms with Gasteiger partial charge in [0.15, 0.2) is 5.03 Å². The van der Waals surface area contributed by atoms with Gasteiger partial charge in [-0.2, -0.15) is 4.31 Å². The van der Waals surface area contributed by atoms with E-state index in [1.807, 2.05) is 0 Å². The second-order valence-electron chi connectivity index (χ2n) is 10.8. The summed E-state index contributed by atoms with van der Waals surface area (Å²) in [5, 5.41) is 3.32. The monoisotopic (exact) mass is 586 g/mol. The summed E-state index contributed by atoms with van der Waals surface area (Å²) in [5.74, 6) is 3.03. The molecule has 39 heavy (non-hydrogen) atoms. The zero-order chi connectivity index (χ0) is 28.6. The van der Waals surface area contributed by atoms with Crippen LogP contribution in [0.2, 0.25) is 19.6 Å². The molecule has 2 heterocycles. The maximum atomic E-state index is 14.1. The molecule has 0 saturated carbocycles. The van der Waals surface area contributed by atoms with Gasteiger partial charge in [0.1, 0.15) is 8.07 Å². The molecule has 12 heteroatoms. The molecule has 208 valence electrons. The highest BCUT2D eigenvalue weighted by Crippen LogP contribution is 2.31. The van der Waals surface area contributed by atoms with Gasteiger partial charge in [0.25, 0.3) is 20.0 Å². The molecule has 0 bridgehead atoms. The zero-order valence-corrected chi connectivity index (χ0v) is 25.4. The molecular weight excluding hydrogens is 553 g/mol. The summed E-state index contributed by atoms with van der Waals surface area (Å²) < 4.78 is 58.1. The molecule has 1 amide bonds. The van der Waals surface area contributed by atoms with Crippen molar-refractivity contribution in [3.05, 3.63) is 60.2 Å². The lowest BCUT2D eigenvalue weighted by Crippen LogP contribution is -2.54. The topological polar surface area (TPSA) is 109 Å². The smallest absolute Gasteiger partial charge is 0.269 e. The molecule has 0 radical (unpaired) electrons. The summed E-state index contributed by atoms with van der Waals surface area (Å²) in [6.07, 6.45) is 0.128. The predicted molar refractivity (Wildman–Crippen MR) is 155 cm³/mol. The summed E-state index contributed by atoms with van der Waals surface area (Å²) in [6, 6.07) is 13.9. The number of hydrogen-bond acceptors (Lipinski definition) is 6. The van der Waals surface area contributed by atoms with Crippen LogP contribution in [0.15, 0.2) is 64.5 Å². The average Bonchev–Trinajstić information content (AvgIpc) is 3.28. The number of fused-ring (bicyclic) bond motifs is 1. The van der Waals surface area contributed by atoms with E-state index in [2.05, 4.69) is 36.4 Å². The molecule has 1 saturated heterocycles. The van der Waals surface area contributed by atoms with E-state index in [1.54, 1.807) is 50.5 Å². The second-order valence-corrected chi connectivity index (χ2v) is 19.3. The molecule has 1 aliphatic heterocycles. The van der Waals surface area contributed by atoms with Crippen LogP contribution in [0, 0.1) is 11.5 Å². The highest BCUT2D eigenvalue weighted by atomic mass is 32.2. The number of nitrogens with one attached hydrogen (secondary N) is 1. The van der Waals surface area contributed by atoms with Crippen molar-refractivity contribution >= 4 is 44.9 Å². The summed E-state index contributed by atoms with van der Waals surface area (Å²) in [4.78, 5) is 13.7. The van der Waals surface area contributed by atoms with E-state index in [4.69, 9.17) is 0 Å². The molecule has 2 aromatic carbocycles. The van der Waals surface area contributed by atoms with Crippen molar-refractivity contribution in [2.75, 3.05) is 33.7 Å². The number of piperazine rings is 1. The molecule has 1 aromatic heterocycles. The Morgan fingerprint density at radius 2 is 1.72 bits per heavy atom. The van der Waals surface area contributed by atoms with E-state index in [9.17, 15) is 21.6 Å². The lowest BCUT2D eigenvalue weighted by molar-refractivity contribution is -0.129. The fourth-order valence-corrected chi connectivity index (χ4v) is 8.38. The number of aromatic nitrogens is 1. The number of benzene rings is 2. The fourth-order valence-electron chi connectivity index (χ4n) is 4.30. The van der Waals surface area contributed by atoms with Crippen LogP contribution in [0.3, 0.4) is 0 Å². The molecule has 1 unspecified atom stereocenters. The first-order chi connectivity index (χ1) is 18.2. The second kappa shape index (κ2) is 10.9. The Balaban J connectivity index is 1.86. The van der Waals surface area contributed by atoms with E-state index < -0.39 is 34.2 Å². The van der Waals surface area contributed by atoms with Crippen LogP contribution in [-0.2, 0) is 24.8 Å². The van der Waals surface area contributed by atoms with E-state index in [0.29, 0.717) is 17.5 Å². The molecule has 4 rings (SSSR count). The van der Waals surface area contributed by atoms with Gasteiger partial charge in [-0.15, -0.1) is 5.54 Å². The Hall–Kier alpha value is -2.95. The third-order valence-electron chi connectivity index (χ3n) is 6.33. The van der Waals surface area contributed by atoms with Gasteiger partial charge in [-0.3, -0.25) is 4.79 Å². The molecule has 1 aliphatic rings. The predicted octanol–water partition coefficient (Wildman–Crippen LogP) is 2.55. The van der Waals surface area contributed by atoms with Gasteiger partial charge in [0.05, 0.1) is 10.4 Å². The van der Waals surface area contributed by atoms with Gasteiger partial charge in [-0.05, 0) is 36.4 Å². The minimum absolute atomic E-state index is 0.0173. The minimum atomic E-state index is -4.26. The maximum absolute atomic E-state index is 14.1. The van der Waals surface area contributed by atoms with Crippen molar-refractivity contribution in [2.24, 2.45) is 0 Å². The Morgan fingerprint density at radius 3 is 2.36 bits per heavy atom. The lowest BCUT2D eigenvalue weighted by Gasteiger charge is -2.33. The van der Waals surface area contributed by atoms with Crippen molar-refractivity contribution in [1.82, 2.24) is 18.5 Å². The van der Waals surface area contributed by atoms with Crippen molar-refractivity contribution < 1.29 is 21.6 Å². The number of nitrogens with zero attached hydrogens (tertiary/aromatic N) is 3. The number of carbonyl (C=O) groups is 1. The summed E-state index contributed by atoms with van der Waals surface area (Å²) in [5.41, 5.74) is 4.23. The molecule has 0 spiro atoms. The van der Waals surface area contributed by atoms with Crippen molar-refractivity contribution in [3.8, 4) is 11.5 Å². The Bertz CT molecular complexity index is 1670. The Kier molecular flexibility index (Phi) is 8.12. The Labute approximate surface area is 231 Å². The van der Waals surface area contributed by atoms with Gasteiger partial charge in [0, 0.05) is 57.1 Å². The van der Waals surface area contributed by atoms with Crippen molar-refractivity contribution in [3.63, 3.8) is 0 Å². The van der Waals surface area contributed by atoms with E-state index in [1.165, 1.54) is 27.4 Å². The average molecular weight is 587 g/mol. The van der Waals surface area contributed by atoms with Crippen molar-refractivity contribution in [1.29, 1.82) is 0 Å². The summed E-state index contributed by atoms with van der Waals surface area (Å²) >= 11 is 0.